The molecule has 4 heteroatoms. The summed E-state index contributed by atoms with van der Waals surface area (Å²) in [6.07, 6.45) is 0. The molecule has 0 atom stereocenters. The SMILES string of the molecule is Cc1ccc(Br)cc1Cn1c(C(=O)OC(C)(C)C)c(-c2ccc(C(C)(C)C)cc2)c2ccccc21. The second-order valence-electron chi connectivity index (χ2n) is 11.2. The summed E-state index contributed by atoms with van der Waals surface area (Å²) in [4.78, 5) is 13.8. The Morgan fingerprint density at radius 2 is 1.57 bits per heavy atom. The van der Waals surface area contributed by atoms with Gasteiger partial charge in [0.05, 0.1) is 0 Å². The quantitative estimate of drug-likeness (QED) is 0.246. The zero-order valence-corrected chi connectivity index (χ0v) is 23.3. The highest BCUT2D eigenvalue weighted by Gasteiger charge is 2.28. The Labute approximate surface area is 217 Å². The molecule has 0 bridgehead atoms. The van der Waals surface area contributed by atoms with Crippen LogP contribution in [0.25, 0.3) is 22.0 Å². The number of halogens is 1. The molecular formula is C31H34BrNO2. The van der Waals surface area contributed by atoms with Crippen molar-refractivity contribution < 1.29 is 9.53 Å². The lowest BCUT2D eigenvalue weighted by molar-refractivity contribution is 0.00597. The van der Waals surface area contributed by atoms with E-state index in [0.717, 1.165) is 32.1 Å². The van der Waals surface area contributed by atoms with Crippen LogP contribution in [0.1, 0.15) is 68.7 Å². The van der Waals surface area contributed by atoms with Crippen LogP contribution in [-0.2, 0) is 16.7 Å². The van der Waals surface area contributed by atoms with E-state index in [1.165, 1.54) is 11.1 Å². The van der Waals surface area contributed by atoms with Crippen molar-refractivity contribution in [1.29, 1.82) is 0 Å². The van der Waals surface area contributed by atoms with E-state index in [1.807, 2.05) is 39.0 Å². The van der Waals surface area contributed by atoms with Gasteiger partial charge in [-0.3, -0.25) is 0 Å². The van der Waals surface area contributed by atoms with E-state index in [2.05, 4.69) is 96.7 Å². The lowest BCUT2D eigenvalue weighted by Crippen LogP contribution is -2.26. The van der Waals surface area contributed by atoms with Gasteiger partial charge in [-0.1, -0.05) is 85.2 Å². The molecule has 182 valence electrons. The first-order valence-electron chi connectivity index (χ1n) is 12.1. The third kappa shape index (κ3) is 5.38. The van der Waals surface area contributed by atoms with Crippen molar-refractivity contribution in [3.63, 3.8) is 0 Å². The Morgan fingerprint density at radius 1 is 0.914 bits per heavy atom. The molecule has 0 unspecified atom stereocenters. The number of benzene rings is 3. The maximum atomic E-state index is 13.8. The van der Waals surface area contributed by atoms with Crippen LogP contribution in [0.15, 0.2) is 71.2 Å². The average molecular weight is 533 g/mol. The smallest absolute Gasteiger partial charge is 0.356 e. The Kier molecular flexibility index (Phi) is 6.72. The Balaban J connectivity index is 1.99. The number of rotatable bonds is 4. The fourth-order valence-electron chi connectivity index (χ4n) is 4.42. The number of ether oxygens (including phenoxy) is 1. The van der Waals surface area contributed by atoms with Gasteiger partial charge in [0.15, 0.2) is 0 Å². The molecule has 35 heavy (non-hydrogen) atoms. The van der Waals surface area contributed by atoms with Gasteiger partial charge in [-0.15, -0.1) is 0 Å². The van der Waals surface area contributed by atoms with Crippen LogP contribution in [0.4, 0.5) is 0 Å². The van der Waals surface area contributed by atoms with Crippen molar-refractivity contribution in [2.24, 2.45) is 0 Å². The Morgan fingerprint density at radius 3 is 2.20 bits per heavy atom. The van der Waals surface area contributed by atoms with Crippen LogP contribution in [0.3, 0.4) is 0 Å². The summed E-state index contributed by atoms with van der Waals surface area (Å²) in [6, 6.07) is 23.1. The third-order valence-electron chi connectivity index (χ3n) is 6.24. The highest BCUT2D eigenvalue weighted by molar-refractivity contribution is 9.10. The van der Waals surface area contributed by atoms with E-state index in [0.29, 0.717) is 12.2 Å². The number of aryl methyl sites for hydroxylation is 1. The molecule has 0 saturated carbocycles. The predicted octanol–water partition coefficient (Wildman–Crippen LogP) is 8.68. The maximum Gasteiger partial charge on any atom is 0.356 e. The van der Waals surface area contributed by atoms with Crippen LogP contribution in [0.5, 0.6) is 0 Å². The molecule has 1 heterocycles. The number of hydrogen-bond acceptors (Lipinski definition) is 2. The largest absolute Gasteiger partial charge is 0.455 e. The van der Waals surface area contributed by atoms with E-state index < -0.39 is 5.60 Å². The summed E-state index contributed by atoms with van der Waals surface area (Å²) in [5.41, 5.74) is 6.58. The second kappa shape index (κ2) is 9.31. The van der Waals surface area contributed by atoms with Crippen LogP contribution < -0.4 is 0 Å². The topological polar surface area (TPSA) is 31.2 Å². The van der Waals surface area contributed by atoms with Gasteiger partial charge in [0.2, 0.25) is 0 Å². The van der Waals surface area contributed by atoms with E-state index in [-0.39, 0.29) is 11.4 Å². The van der Waals surface area contributed by atoms with Gasteiger partial charge in [-0.25, -0.2) is 4.79 Å². The molecule has 4 rings (SSSR count). The van der Waals surface area contributed by atoms with Crippen molar-refractivity contribution in [2.75, 3.05) is 0 Å². The van der Waals surface area contributed by atoms with Crippen molar-refractivity contribution >= 4 is 32.8 Å². The molecule has 0 spiro atoms. The standard InChI is InChI=1S/C31H34BrNO2/c1-20-12-17-24(32)18-22(20)19-33-26-11-9-8-10-25(26)27(28(33)29(34)35-31(5,6)7)21-13-15-23(16-14-21)30(2,3)4/h8-18H,19H2,1-7H3. The first kappa shape index (κ1) is 25.2. The lowest BCUT2D eigenvalue weighted by Gasteiger charge is -2.22. The number of para-hydroxylation sites is 1. The normalized spacial score (nSPS) is 12.2. The molecule has 3 aromatic carbocycles. The number of fused-ring (bicyclic) bond motifs is 1. The molecule has 0 amide bonds. The van der Waals surface area contributed by atoms with Crippen molar-refractivity contribution in [1.82, 2.24) is 4.57 Å². The molecule has 1 aromatic heterocycles. The number of carbonyl (C=O) groups excluding carboxylic acids is 1. The number of nitrogens with zero attached hydrogens (tertiary/aromatic N) is 1. The molecule has 0 aliphatic rings. The first-order valence-corrected chi connectivity index (χ1v) is 12.8. The summed E-state index contributed by atoms with van der Waals surface area (Å²) in [5, 5.41) is 1.05. The van der Waals surface area contributed by atoms with Gasteiger partial charge in [-0.05, 0) is 73.6 Å². The zero-order valence-electron chi connectivity index (χ0n) is 21.7. The molecule has 0 aliphatic heterocycles. The lowest BCUT2D eigenvalue weighted by atomic mass is 9.86. The molecule has 0 N–H and O–H groups in total. The highest BCUT2D eigenvalue weighted by Crippen LogP contribution is 2.38. The Bertz CT molecular complexity index is 1380. The number of hydrogen-bond donors (Lipinski definition) is 0. The number of esters is 1. The van der Waals surface area contributed by atoms with Crippen LogP contribution in [-0.4, -0.2) is 16.1 Å². The van der Waals surface area contributed by atoms with E-state index in [1.54, 1.807) is 0 Å². The monoisotopic (exact) mass is 531 g/mol. The van der Waals surface area contributed by atoms with Gasteiger partial charge in [0, 0.05) is 27.5 Å². The minimum Gasteiger partial charge on any atom is -0.455 e. The first-order chi connectivity index (χ1) is 16.3. The fraction of sp³-hybridized carbons (Fsp3) is 0.323. The predicted molar refractivity (Wildman–Crippen MR) is 149 cm³/mol. The van der Waals surface area contributed by atoms with E-state index in [9.17, 15) is 4.79 Å². The van der Waals surface area contributed by atoms with Gasteiger partial charge in [0.25, 0.3) is 0 Å². The molecular weight excluding hydrogens is 498 g/mol. The van der Waals surface area contributed by atoms with E-state index >= 15 is 0 Å². The van der Waals surface area contributed by atoms with Crippen LogP contribution >= 0.6 is 15.9 Å². The van der Waals surface area contributed by atoms with Crippen molar-refractivity contribution in [3.05, 3.63) is 93.6 Å². The minimum absolute atomic E-state index is 0.0543. The summed E-state index contributed by atoms with van der Waals surface area (Å²) in [7, 11) is 0. The molecule has 0 fully saturated rings. The van der Waals surface area contributed by atoms with E-state index in [4.69, 9.17) is 4.74 Å². The molecule has 4 aromatic rings. The second-order valence-corrected chi connectivity index (χ2v) is 12.1. The molecule has 3 nitrogen and oxygen atoms in total. The molecule has 0 saturated heterocycles. The third-order valence-corrected chi connectivity index (χ3v) is 6.74. The Hall–Kier alpha value is -2.85. The van der Waals surface area contributed by atoms with Crippen molar-refractivity contribution in [3.8, 4) is 11.1 Å². The summed E-state index contributed by atoms with van der Waals surface area (Å²) in [5.74, 6) is -0.309. The van der Waals surface area contributed by atoms with Crippen LogP contribution in [0.2, 0.25) is 0 Å². The molecule has 0 radical (unpaired) electrons. The number of aromatic nitrogens is 1. The zero-order chi connectivity index (χ0) is 25.5. The highest BCUT2D eigenvalue weighted by atomic mass is 79.9. The fourth-order valence-corrected chi connectivity index (χ4v) is 4.82. The van der Waals surface area contributed by atoms with Crippen LogP contribution in [0, 0.1) is 6.92 Å². The minimum atomic E-state index is -0.600. The van der Waals surface area contributed by atoms with Gasteiger partial charge < -0.3 is 9.30 Å². The molecule has 0 aliphatic carbocycles. The van der Waals surface area contributed by atoms with Gasteiger partial charge >= 0.3 is 5.97 Å². The van der Waals surface area contributed by atoms with Crippen molar-refractivity contribution in [2.45, 2.75) is 66.0 Å². The number of carbonyl (C=O) groups is 1. The average Bonchev–Trinajstić information content (AvgIpc) is 3.09. The van der Waals surface area contributed by atoms with Gasteiger partial charge in [0.1, 0.15) is 11.3 Å². The van der Waals surface area contributed by atoms with Gasteiger partial charge in [-0.2, -0.15) is 0 Å². The summed E-state index contributed by atoms with van der Waals surface area (Å²) < 4.78 is 9.09. The summed E-state index contributed by atoms with van der Waals surface area (Å²) >= 11 is 3.61. The maximum absolute atomic E-state index is 13.8. The summed E-state index contributed by atoms with van der Waals surface area (Å²) in [6.45, 7) is 15.0.